The molecule has 1 amide bonds. The summed E-state index contributed by atoms with van der Waals surface area (Å²) in [7, 11) is -3.59. The van der Waals surface area contributed by atoms with E-state index < -0.39 is 10.0 Å². The van der Waals surface area contributed by atoms with Crippen LogP contribution >= 0.6 is 11.6 Å². The topological polar surface area (TPSA) is 77.9 Å². The largest absolute Gasteiger partial charge is 0.506 e. The molecule has 144 valence electrons. The van der Waals surface area contributed by atoms with E-state index in [1.165, 1.54) is 22.5 Å². The molecule has 0 unspecified atom stereocenters. The van der Waals surface area contributed by atoms with Crippen molar-refractivity contribution in [2.45, 2.75) is 18.7 Å². The molecule has 0 spiro atoms. The van der Waals surface area contributed by atoms with Gasteiger partial charge in [-0.2, -0.15) is 4.31 Å². The fourth-order valence-corrected chi connectivity index (χ4v) is 4.99. The summed E-state index contributed by atoms with van der Waals surface area (Å²) in [5.74, 6) is -0.321. The fraction of sp³-hybridized carbons (Fsp3) is 0.316. The molecule has 1 saturated heterocycles. The number of benzene rings is 2. The van der Waals surface area contributed by atoms with Gasteiger partial charge < -0.3 is 10.0 Å². The number of piperazine rings is 1. The average molecular weight is 409 g/mol. The van der Waals surface area contributed by atoms with Gasteiger partial charge in [0.25, 0.3) is 5.91 Å². The van der Waals surface area contributed by atoms with Crippen molar-refractivity contribution >= 4 is 27.5 Å². The van der Waals surface area contributed by atoms with Gasteiger partial charge in [-0.15, -0.1) is 0 Å². The minimum atomic E-state index is -3.59. The number of aryl methyl sites for hydroxylation is 2. The Kier molecular flexibility index (Phi) is 5.46. The van der Waals surface area contributed by atoms with Gasteiger partial charge in [-0.1, -0.05) is 29.3 Å². The van der Waals surface area contributed by atoms with Crippen LogP contribution in [0.2, 0.25) is 5.02 Å². The summed E-state index contributed by atoms with van der Waals surface area (Å²) in [5.41, 5.74) is 2.09. The summed E-state index contributed by atoms with van der Waals surface area (Å²) in [4.78, 5) is 14.5. The highest BCUT2D eigenvalue weighted by atomic mass is 35.5. The molecule has 0 aliphatic carbocycles. The molecule has 1 aliphatic heterocycles. The van der Waals surface area contributed by atoms with Crippen molar-refractivity contribution in [2.75, 3.05) is 26.2 Å². The van der Waals surface area contributed by atoms with Crippen LogP contribution < -0.4 is 0 Å². The van der Waals surface area contributed by atoms with E-state index >= 15 is 0 Å². The Morgan fingerprint density at radius 1 is 1.04 bits per heavy atom. The van der Waals surface area contributed by atoms with Gasteiger partial charge in [0, 0.05) is 31.7 Å². The minimum Gasteiger partial charge on any atom is -0.506 e. The lowest BCUT2D eigenvalue weighted by atomic mass is 10.2. The number of sulfonamides is 1. The van der Waals surface area contributed by atoms with E-state index in [4.69, 9.17) is 11.6 Å². The van der Waals surface area contributed by atoms with E-state index in [0.717, 1.165) is 5.56 Å². The Bertz CT molecular complexity index is 983. The van der Waals surface area contributed by atoms with Crippen molar-refractivity contribution in [3.63, 3.8) is 0 Å². The van der Waals surface area contributed by atoms with Crippen molar-refractivity contribution in [1.29, 1.82) is 0 Å². The monoisotopic (exact) mass is 408 g/mol. The fourth-order valence-electron chi connectivity index (χ4n) is 3.18. The lowest BCUT2D eigenvalue weighted by Gasteiger charge is -2.34. The first-order valence-corrected chi connectivity index (χ1v) is 10.4. The predicted octanol–water partition coefficient (Wildman–Crippen LogP) is 2.81. The van der Waals surface area contributed by atoms with Crippen molar-refractivity contribution in [1.82, 2.24) is 9.21 Å². The number of hydrogen-bond acceptors (Lipinski definition) is 4. The Labute approximate surface area is 164 Å². The summed E-state index contributed by atoms with van der Waals surface area (Å²) in [6.45, 7) is 4.75. The molecule has 0 radical (unpaired) electrons. The predicted molar refractivity (Wildman–Crippen MR) is 104 cm³/mol. The van der Waals surface area contributed by atoms with Gasteiger partial charge in [-0.3, -0.25) is 4.79 Å². The Morgan fingerprint density at radius 2 is 1.70 bits per heavy atom. The maximum atomic E-state index is 12.9. The number of rotatable bonds is 3. The molecule has 2 aromatic rings. The molecule has 27 heavy (non-hydrogen) atoms. The standard InChI is InChI=1S/C19H21ClN2O4S/c1-13-3-6-18(14(2)11-13)27(25,26)22-9-7-21(8-10-22)19(24)15-4-5-17(23)16(20)12-15/h3-6,11-12,23H,7-10H2,1-2H3. The van der Waals surface area contributed by atoms with Crippen LogP contribution in [0.1, 0.15) is 21.5 Å². The van der Waals surface area contributed by atoms with E-state index in [1.807, 2.05) is 13.0 Å². The zero-order valence-electron chi connectivity index (χ0n) is 15.1. The lowest BCUT2D eigenvalue weighted by Crippen LogP contribution is -2.50. The first-order chi connectivity index (χ1) is 12.7. The molecule has 0 aromatic heterocycles. The van der Waals surface area contributed by atoms with Gasteiger partial charge in [0.2, 0.25) is 10.0 Å². The van der Waals surface area contributed by atoms with Crippen molar-refractivity contribution < 1.29 is 18.3 Å². The minimum absolute atomic E-state index is 0.0856. The highest BCUT2D eigenvalue weighted by Crippen LogP contribution is 2.25. The van der Waals surface area contributed by atoms with Crippen LogP contribution in [0, 0.1) is 13.8 Å². The van der Waals surface area contributed by atoms with Crippen molar-refractivity contribution in [3.8, 4) is 5.75 Å². The van der Waals surface area contributed by atoms with Gasteiger partial charge in [-0.25, -0.2) is 8.42 Å². The number of nitrogens with zero attached hydrogens (tertiary/aromatic N) is 2. The highest BCUT2D eigenvalue weighted by Gasteiger charge is 2.31. The first kappa shape index (κ1) is 19.7. The normalized spacial score (nSPS) is 15.7. The zero-order chi connectivity index (χ0) is 19.8. The van der Waals surface area contributed by atoms with Gasteiger partial charge >= 0.3 is 0 Å². The van der Waals surface area contributed by atoms with Crippen molar-refractivity contribution in [3.05, 3.63) is 58.1 Å². The second kappa shape index (κ2) is 7.50. The summed E-state index contributed by atoms with van der Waals surface area (Å²) in [5, 5.41) is 9.59. The quantitative estimate of drug-likeness (QED) is 0.847. The van der Waals surface area contributed by atoms with Crippen LogP contribution in [0.15, 0.2) is 41.3 Å². The first-order valence-electron chi connectivity index (χ1n) is 8.55. The summed E-state index contributed by atoms with van der Waals surface area (Å²) in [6.07, 6.45) is 0. The highest BCUT2D eigenvalue weighted by molar-refractivity contribution is 7.89. The van der Waals surface area contributed by atoms with E-state index in [2.05, 4.69) is 0 Å². The van der Waals surface area contributed by atoms with Crippen molar-refractivity contribution in [2.24, 2.45) is 0 Å². The Balaban J connectivity index is 1.72. The number of phenolic OH excluding ortho intramolecular Hbond substituents is 1. The molecule has 1 heterocycles. The second-order valence-electron chi connectivity index (χ2n) is 6.63. The molecule has 6 nitrogen and oxygen atoms in total. The second-order valence-corrected chi connectivity index (χ2v) is 8.94. The Hall–Kier alpha value is -2.09. The van der Waals surface area contributed by atoms with Gasteiger partial charge in [0.1, 0.15) is 5.75 Å². The third kappa shape index (κ3) is 3.95. The van der Waals surface area contributed by atoms with Crippen LogP contribution in [-0.4, -0.2) is 54.8 Å². The van der Waals surface area contributed by atoms with E-state index in [1.54, 1.807) is 24.0 Å². The van der Waals surface area contributed by atoms with E-state index in [9.17, 15) is 18.3 Å². The maximum absolute atomic E-state index is 12.9. The molecule has 0 saturated carbocycles. The van der Waals surface area contributed by atoms with E-state index in [-0.39, 0.29) is 29.8 Å². The van der Waals surface area contributed by atoms with Gasteiger partial charge in [0.15, 0.2) is 0 Å². The molecule has 8 heteroatoms. The molecule has 0 atom stereocenters. The van der Waals surface area contributed by atoms with Crippen LogP contribution in [0.5, 0.6) is 5.75 Å². The van der Waals surface area contributed by atoms with Gasteiger partial charge in [-0.05, 0) is 43.7 Å². The number of aromatic hydroxyl groups is 1. The third-order valence-electron chi connectivity index (χ3n) is 4.67. The van der Waals surface area contributed by atoms with Crippen LogP contribution in [-0.2, 0) is 10.0 Å². The zero-order valence-corrected chi connectivity index (χ0v) is 16.7. The molecule has 2 aromatic carbocycles. The number of hydrogen-bond donors (Lipinski definition) is 1. The third-order valence-corrected chi connectivity index (χ3v) is 7.03. The number of carbonyl (C=O) groups excluding carboxylic acids is 1. The molecule has 1 N–H and O–H groups in total. The molecule has 1 aliphatic rings. The number of halogens is 1. The Morgan fingerprint density at radius 3 is 2.30 bits per heavy atom. The molecule has 3 rings (SSSR count). The number of amides is 1. The average Bonchev–Trinajstić information content (AvgIpc) is 2.63. The molecular formula is C19H21ClN2O4S. The SMILES string of the molecule is Cc1ccc(S(=O)(=O)N2CCN(C(=O)c3ccc(O)c(Cl)c3)CC2)c(C)c1. The smallest absolute Gasteiger partial charge is 0.253 e. The lowest BCUT2D eigenvalue weighted by molar-refractivity contribution is 0.0698. The van der Waals surface area contributed by atoms with Gasteiger partial charge in [0.05, 0.1) is 9.92 Å². The number of carbonyl (C=O) groups is 1. The maximum Gasteiger partial charge on any atom is 0.253 e. The number of phenols is 1. The summed E-state index contributed by atoms with van der Waals surface area (Å²) in [6, 6.07) is 9.56. The molecule has 1 fully saturated rings. The van der Waals surface area contributed by atoms with Crippen LogP contribution in [0.3, 0.4) is 0 Å². The van der Waals surface area contributed by atoms with Crippen LogP contribution in [0.4, 0.5) is 0 Å². The van der Waals surface area contributed by atoms with E-state index in [0.29, 0.717) is 29.1 Å². The van der Waals surface area contributed by atoms with Crippen LogP contribution in [0.25, 0.3) is 0 Å². The summed E-state index contributed by atoms with van der Waals surface area (Å²) < 4.78 is 27.3. The molecular weight excluding hydrogens is 388 g/mol. The summed E-state index contributed by atoms with van der Waals surface area (Å²) >= 11 is 5.87. The molecule has 0 bridgehead atoms.